The van der Waals surface area contributed by atoms with Crippen molar-refractivity contribution in [2.75, 3.05) is 0 Å². The van der Waals surface area contributed by atoms with Gasteiger partial charge >= 0.3 is 0 Å². The zero-order valence-electron chi connectivity index (χ0n) is 6.89. The lowest BCUT2D eigenvalue weighted by Gasteiger charge is -2.11. The third-order valence-corrected chi connectivity index (χ3v) is 1.30. The van der Waals surface area contributed by atoms with Crippen LogP contribution >= 0.6 is 0 Å². The lowest BCUT2D eigenvalue weighted by molar-refractivity contribution is -0.118. The molecule has 0 fully saturated rings. The molecule has 60 valence electrons. The summed E-state index contributed by atoms with van der Waals surface area (Å²) in [6, 6.07) is -0.204. The van der Waals surface area contributed by atoms with Crippen molar-refractivity contribution in [3.8, 4) is 0 Å². The molecule has 0 unspecified atom stereocenters. The average molecular weight is 153 g/mol. The van der Waals surface area contributed by atoms with Gasteiger partial charge in [0.1, 0.15) is 11.6 Å². The van der Waals surface area contributed by atoms with Gasteiger partial charge < -0.3 is 5.23 Å². The molecule has 1 N–H and O–H groups in total. The smallest absolute Gasteiger partial charge is 0.178 e. The van der Waals surface area contributed by atoms with Gasteiger partial charge in [0.15, 0.2) is 7.98 Å². The van der Waals surface area contributed by atoms with Gasteiger partial charge in [0.25, 0.3) is 0 Å². The molecule has 0 saturated heterocycles. The molecule has 0 heterocycles. The quantitative estimate of drug-likeness (QED) is 0.564. The second kappa shape index (κ2) is 5.07. The summed E-state index contributed by atoms with van der Waals surface area (Å²) in [6.45, 7) is 2.95. The van der Waals surface area contributed by atoms with E-state index in [1.54, 1.807) is 0 Å². The summed E-state index contributed by atoms with van der Waals surface area (Å²) in [6.07, 6.45) is 0.631. The van der Waals surface area contributed by atoms with Gasteiger partial charge in [-0.05, 0) is 13.8 Å². The van der Waals surface area contributed by atoms with Crippen molar-refractivity contribution in [3.63, 3.8) is 0 Å². The fourth-order valence-corrected chi connectivity index (χ4v) is 0.884. The van der Waals surface area contributed by atoms with Crippen molar-refractivity contribution in [1.29, 1.82) is 0 Å². The number of nitrogens with one attached hydrogen (secondary N) is 1. The maximum Gasteiger partial charge on any atom is 0.178 e. The lowest BCUT2D eigenvalue weighted by atomic mass is 10.0. The number of rotatable bonds is 5. The van der Waals surface area contributed by atoms with E-state index in [1.165, 1.54) is 13.8 Å². The number of hydrogen-bond donors (Lipinski definition) is 1. The molecule has 0 aromatic carbocycles. The number of carbonyl (C=O) groups excluding carboxylic acids is 2. The Kier molecular flexibility index (Phi) is 4.78. The van der Waals surface area contributed by atoms with E-state index in [0.29, 0.717) is 12.8 Å². The topological polar surface area (TPSA) is 46.2 Å². The predicted octanol–water partition coefficient (Wildman–Crippen LogP) is -0.0137. The molecule has 0 aliphatic rings. The SMILES string of the molecule is [B]NC(CC(C)=O)CC(C)=O. The van der Waals surface area contributed by atoms with Gasteiger partial charge in [-0.2, -0.15) is 0 Å². The number of carbonyl (C=O) groups is 2. The molecule has 0 rings (SSSR count). The maximum atomic E-state index is 10.6. The average Bonchev–Trinajstić information content (AvgIpc) is 1.84. The van der Waals surface area contributed by atoms with Gasteiger partial charge in [0.2, 0.25) is 0 Å². The normalized spacial score (nSPS) is 10.1. The Hall–Kier alpha value is -0.635. The van der Waals surface area contributed by atoms with Crippen LogP contribution in [0.5, 0.6) is 0 Å². The first kappa shape index (κ1) is 10.4. The molecule has 0 atom stereocenters. The van der Waals surface area contributed by atoms with E-state index in [2.05, 4.69) is 5.23 Å². The van der Waals surface area contributed by atoms with Crippen molar-refractivity contribution >= 4 is 19.5 Å². The number of Topliss-reactive ketones (excluding diaryl/α,β-unsaturated/α-hetero) is 2. The lowest BCUT2D eigenvalue weighted by Crippen LogP contribution is -2.30. The Balaban J connectivity index is 3.76. The predicted molar refractivity (Wildman–Crippen MR) is 43.3 cm³/mol. The van der Waals surface area contributed by atoms with Crippen molar-refractivity contribution < 1.29 is 9.59 Å². The summed E-state index contributed by atoms with van der Waals surface area (Å²) < 4.78 is 0. The van der Waals surface area contributed by atoms with Crippen LogP contribution in [-0.2, 0) is 9.59 Å². The molecule has 0 saturated carbocycles. The first-order chi connectivity index (χ1) is 5.06. The largest absolute Gasteiger partial charge is 0.363 e. The van der Waals surface area contributed by atoms with Crippen LogP contribution in [0.15, 0.2) is 0 Å². The highest BCUT2D eigenvalue weighted by molar-refractivity contribution is 6.05. The highest BCUT2D eigenvalue weighted by Gasteiger charge is 2.09. The summed E-state index contributed by atoms with van der Waals surface area (Å²) in [7, 11) is 5.11. The number of hydrogen-bond acceptors (Lipinski definition) is 3. The first-order valence-electron chi connectivity index (χ1n) is 3.51. The molecule has 2 radical (unpaired) electrons. The Morgan fingerprint density at radius 3 is 1.82 bits per heavy atom. The summed E-state index contributed by atoms with van der Waals surface area (Å²) in [5.74, 6) is 0.0726. The molecule has 4 heteroatoms. The van der Waals surface area contributed by atoms with Crippen LogP contribution in [0.4, 0.5) is 0 Å². The molecule has 0 aliphatic heterocycles. The van der Waals surface area contributed by atoms with E-state index in [-0.39, 0.29) is 17.6 Å². The Bertz CT molecular complexity index is 143. The molecule has 0 bridgehead atoms. The van der Waals surface area contributed by atoms with Crippen molar-refractivity contribution in [2.45, 2.75) is 32.7 Å². The van der Waals surface area contributed by atoms with Gasteiger partial charge in [-0.25, -0.2) is 0 Å². The highest BCUT2D eigenvalue weighted by atomic mass is 16.1. The van der Waals surface area contributed by atoms with Crippen molar-refractivity contribution in [2.24, 2.45) is 0 Å². The summed E-state index contributed by atoms with van der Waals surface area (Å²) >= 11 is 0. The van der Waals surface area contributed by atoms with Gasteiger partial charge in [-0.3, -0.25) is 9.59 Å². The van der Waals surface area contributed by atoms with Gasteiger partial charge in [0, 0.05) is 18.9 Å². The van der Waals surface area contributed by atoms with Gasteiger partial charge in [-0.1, -0.05) is 0 Å². The fourth-order valence-electron chi connectivity index (χ4n) is 0.884. The van der Waals surface area contributed by atoms with Crippen LogP contribution in [0.2, 0.25) is 0 Å². The van der Waals surface area contributed by atoms with E-state index in [9.17, 15) is 9.59 Å². The molecular formula is C7H12BNO2. The van der Waals surface area contributed by atoms with Crippen molar-refractivity contribution in [3.05, 3.63) is 0 Å². The molecular weight excluding hydrogens is 141 g/mol. The van der Waals surface area contributed by atoms with Crippen LogP contribution in [0.3, 0.4) is 0 Å². The first-order valence-corrected chi connectivity index (χ1v) is 3.51. The summed E-state index contributed by atoms with van der Waals surface area (Å²) in [4.78, 5) is 21.2. The van der Waals surface area contributed by atoms with E-state index < -0.39 is 0 Å². The van der Waals surface area contributed by atoms with E-state index in [0.717, 1.165) is 0 Å². The van der Waals surface area contributed by atoms with Crippen LogP contribution in [-0.4, -0.2) is 25.6 Å². The Morgan fingerprint density at radius 1 is 1.27 bits per heavy atom. The molecule has 0 aliphatic carbocycles. The maximum absolute atomic E-state index is 10.6. The standard InChI is InChI=1S/C7H12BNO2/c1-5(10)3-7(9-8)4-6(2)11/h7,9H,3-4H2,1-2H3. The Morgan fingerprint density at radius 2 is 1.64 bits per heavy atom. The van der Waals surface area contributed by atoms with Gasteiger partial charge in [0.05, 0.1) is 0 Å². The molecule has 0 aromatic heterocycles. The Labute approximate surface area is 68.0 Å². The van der Waals surface area contributed by atoms with Crippen LogP contribution < -0.4 is 5.23 Å². The van der Waals surface area contributed by atoms with E-state index in [4.69, 9.17) is 7.98 Å². The van der Waals surface area contributed by atoms with Crippen molar-refractivity contribution in [1.82, 2.24) is 5.23 Å². The highest BCUT2D eigenvalue weighted by Crippen LogP contribution is 1.98. The van der Waals surface area contributed by atoms with Gasteiger partial charge in [-0.15, -0.1) is 0 Å². The fraction of sp³-hybridized carbons (Fsp3) is 0.714. The third kappa shape index (κ3) is 5.79. The van der Waals surface area contributed by atoms with E-state index >= 15 is 0 Å². The monoisotopic (exact) mass is 153 g/mol. The molecule has 3 nitrogen and oxygen atoms in total. The van der Waals surface area contributed by atoms with Crippen LogP contribution in [0.25, 0.3) is 0 Å². The third-order valence-electron chi connectivity index (χ3n) is 1.30. The number of ketones is 2. The molecule has 0 aromatic rings. The zero-order chi connectivity index (χ0) is 8.85. The molecule has 0 amide bonds. The second-order valence-electron chi connectivity index (χ2n) is 2.68. The zero-order valence-corrected chi connectivity index (χ0v) is 6.89. The molecule has 0 spiro atoms. The second-order valence-corrected chi connectivity index (χ2v) is 2.68. The molecule has 11 heavy (non-hydrogen) atoms. The minimum absolute atomic E-state index is 0.0363. The van der Waals surface area contributed by atoms with Crippen LogP contribution in [0, 0.1) is 0 Å². The minimum Gasteiger partial charge on any atom is -0.363 e. The summed E-state index contributed by atoms with van der Waals surface area (Å²) in [5, 5.41) is 2.42. The van der Waals surface area contributed by atoms with Crippen LogP contribution in [0.1, 0.15) is 26.7 Å². The van der Waals surface area contributed by atoms with E-state index in [1.807, 2.05) is 0 Å². The minimum atomic E-state index is -0.204. The summed E-state index contributed by atoms with van der Waals surface area (Å²) in [5.41, 5.74) is 0.